The first-order chi connectivity index (χ1) is 14.2. The Balaban J connectivity index is 1.98. The molecular weight excluding hydrogens is 402 g/mol. The molecular formula is C22H31NO6Si. The van der Waals surface area contributed by atoms with Crippen LogP contribution in [0.4, 0.5) is 0 Å². The summed E-state index contributed by atoms with van der Waals surface area (Å²) >= 11 is 0. The molecule has 0 aliphatic heterocycles. The zero-order valence-electron chi connectivity index (χ0n) is 18.1. The third-order valence-corrected chi connectivity index (χ3v) is 7.69. The molecule has 4 rings (SSSR count). The maximum Gasteiger partial charge on any atom is 0.310 e. The van der Waals surface area contributed by atoms with Crippen LogP contribution in [0.5, 0.6) is 5.75 Å². The number of oxime groups is 1. The van der Waals surface area contributed by atoms with E-state index in [1.807, 2.05) is 6.92 Å². The Hall–Kier alpha value is -2.35. The van der Waals surface area contributed by atoms with Crippen molar-refractivity contribution in [1.29, 1.82) is 0 Å². The summed E-state index contributed by atoms with van der Waals surface area (Å²) in [4.78, 5) is 26.2. The molecule has 1 aromatic rings. The van der Waals surface area contributed by atoms with Gasteiger partial charge in [-0.15, -0.1) is 0 Å². The summed E-state index contributed by atoms with van der Waals surface area (Å²) in [7, 11) is -1.38. The van der Waals surface area contributed by atoms with Gasteiger partial charge < -0.3 is 19.8 Å². The lowest BCUT2D eigenvalue weighted by Gasteiger charge is -2.47. The third kappa shape index (κ3) is 4.38. The van der Waals surface area contributed by atoms with Gasteiger partial charge in [0.2, 0.25) is 0 Å². The van der Waals surface area contributed by atoms with Gasteiger partial charge in [0.15, 0.2) is 0 Å². The van der Waals surface area contributed by atoms with E-state index in [1.165, 1.54) is 0 Å². The standard InChI is InChI=1S/C22H31NO6Si/c1-5-8-28-22(26)20-18-15-11-13(24)6-7-14(15)16(12-17(18)23-27)19(20)21(25)29-9-10-30(2,3)4/h6-7,11,16,18-20,24,27H,5,8-10,12H2,1-4H3. The normalized spacial score (nSPS) is 26.3. The van der Waals surface area contributed by atoms with Crippen LogP contribution in [0.25, 0.3) is 0 Å². The van der Waals surface area contributed by atoms with E-state index in [0.717, 1.165) is 11.6 Å². The van der Waals surface area contributed by atoms with Gasteiger partial charge in [0, 0.05) is 19.9 Å². The van der Waals surface area contributed by atoms with Crippen molar-refractivity contribution in [2.75, 3.05) is 13.2 Å². The SMILES string of the molecule is CCCOC(=O)C1C2C(=NO)CC(c3ccc(O)cc32)C1C(=O)OCC[Si](C)(C)C. The van der Waals surface area contributed by atoms with Gasteiger partial charge in [-0.3, -0.25) is 9.59 Å². The lowest BCUT2D eigenvalue weighted by atomic mass is 9.55. The molecule has 30 heavy (non-hydrogen) atoms. The molecule has 3 aliphatic rings. The van der Waals surface area contributed by atoms with Gasteiger partial charge in [0.25, 0.3) is 0 Å². The summed E-state index contributed by atoms with van der Waals surface area (Å²) < 4.78 is 11.1. The van der Waals surface area contributed by atoms with E-state index < -0.39 is 37.8 Å². The fraction of sp³-hybridized carbons (Fsp3) is 0.591. The quantitative estimate of drug-likeness (QED) is 0.293. The Labute approximate surface area is 178 Å². The highest BCUT2D eigenvalue weighted by Crippen LogP contribution is 2.55. The third-order valence-electron chi connectivity index (χ3n) is 5.99. The first kappa shape index (κ1) is 22.3. The molecule has 0 radical (unpaired) electrons. The molecule has 0 spiro atoms. The number of ether oxygens (including phenoxy) is 2. The molecule has 1 saturated carbocycles. The maximum absolute atomic E-state index is 13.2. The number of phenols is 1. The van der Waals surface area contributed by atoms with E-state index in [4.69, 9.17) is 9.47 Å². The topological polar surface area (TPSA) is 105 Å². The summed E-state index contributed by atoms with van der Waals surface area (Å²) in [5.41, 5.74) is 2.03. The lowest BCUT2D eigenvalue weighted by Crippen LogP contribution is -2.51. The summed E-state index contributed by atoms with van der Waals surface area (Å²) in [5, 5.41) is 23.0. The Morgan fingerprint density at radius 3 is 2.40 bits per heavy atom. The van der Waals surface area contributed by atoms with Crippen LogP contribution < -0.4 is 0 Å². The highest BCUT2D eigenvalue weighted by molar-refractivity contribution is 6.76. The number of hydrogen-bond donors (Lipinski definition) is 2. The number of carbonyl (C=O) groups excluding carboxylic acids is 2. The lowest BCUT2D eigenvalue weighted by molar-refractivity contribution is -0.163. The van der Waals surface area contributed by atoms with Crippen molar-refractivity contribution in [3.8, 4) is 5.75 Å². The van der Waals surface area contributed by atoms with Crippen LogP contribution in [0.15, 0.2) is 23.4 Å². The van der Waals surface area contributed by atoms with Crippen molar-refractivity contribution in [2.24, 2.45) is 17.0 Å². The van der Waals surface area contributed by atoms with Crippen LogP contribution in [0, 0.1) is 11.8 Å². The van der Waals surface area contributed by atoms with E-state index in [1.54, 1.807) is 18.2 Å². The molecule has 3 aliphatic carbocycles. The second-order valence-corrected chi connectivity index (χ2v) is 15.0. The van der Waals surface area contributed by atoms with Crippen molar-refractivity contribution < 1.29 is 29.4 Å². The fourth-order valence-electron chi connectivity index (χ4n) is 4.54. The summed E-state index contributed by atoms with van der Waals surface area (Å²) in [6, 6.07) is 5.79. The average molecular weight is 434 g/mol. The van der Waals surface area contributed by atoms with Gasteiger partial charge in [-0.2, -0.15) is 0 Å². The molecule has 4 unspecified atom stereocenters. The molecule has 7 nitrogen and oxygen atoms in total. The Morgan fingerprint density at radius 1 is 1.10 bits per heavy atom. The Morgan fingerprint density at radius 2 is 1.77 bits per heavy atom. The van der Waals surface area contributed by atoms with Crippen molar-refractivity contribution in [2.45, 2.75) is 57.3 Å². The minimum Gasteiger partial charge on any atom is -0.508 e. The average Bonchev–Trinajstić information content (AvgIpc) is 2.69. The molecule has 164 valence electrons. The first-order valence-electron chi connectivity index (χ1n) is 10.5. The van der Waals surface area contributed by atoms with Crippen LogP contribution in [0.2, 0.25) is 25.7 Å². The van der Waals surface area contributed by atoms with Gasteiger partial charge in [0.1, 0.15) is 5.75 Å². The van der Waals surface area contributed by atoms with Crippen LogP contribution >= 0.6 is 0 Å². The number of fused-ring (bicyclic) bond motifs is 2. The highest BCUT2D eigenvalue weighted by Gasteiger charge is 2.57. The second kappa shape index (κ2) is 8.79. The van der Waals surface area contributed by atoms with E-state index in [-0.39, 0.29) is 18.3 Å². The summed E-state index contributed by atoms with van der Waals surface area (Å²) in [6.07, 6.45) is 1.03. The van der Waals surface area contributed by atoms with Crippen molar-refractivity contribution in [1.82, 2.24) is 0 Å². The van der Waals surface area contributed by atoms with Gasteiger partial charge in [-0.1, -0.05) is 37.8 Å². The van der Waals surface area contributed by atoms with Crippen LogP contribution in [-0.4, -0.2) is 49.3 Å². The number of phenolic OH excluding ortho intramolecular Hbond substituents is 1. The van der Waals surface area contributed by atoms with E-state index >= 15 is 0 Å². The highest BCUT2D eigenvalue weighted by atomic mass is 28.3. The van der Waals surface area contributed by atoms with Gasteiger partial charge in [-0.25, -0.2) is 0 Å². The van der Waals surface area contributed by atoms with Gasteiger partial charge in [-0.05, 0) is 42.1 Å². The number of aromatic hydroxyl groups is 1. The fourth-order valence-corrected chi connectivity index (χ4v) is 5.25. The molecule has 8 heteroatoms. The smallest absolute Gasteiger partial charge is 0.310 e. The van der Waals surface area contributed by atoms with E-state index in [0.29, 0.717) is 30.7 Å². The Kier molecular flexibility index (Phi) is 6.55. The number of rotatable bonds is 7. The van der Waals surface area contributed by atoms with Crippen molar-refractivity contribution in [3.63, 3.8) is 0 Å². The van der Waals surface area contributed by atoms with Crippen LogP contribution in [0.1, 0.15) is 42.7 Å². The van der Waals surface area contributed by atoms with Crippen molar-refractivity contribution in [3.05, 3.63) is 29.3 Å². The summed E-state index contributed by atoms with van der Waals surface area (Å²) in [6.45, 7) is 9.12. The second-order valence-electron chi connectivity index (χ2n) is 9.39. The van der Waals surface area contributed by atoms with E-state index in [9.17, 15) is 19.9 Å². The minimum atomic E-state index is -1.38. The number of nitrogens with zero attached hydrogens (tertiary/aromatic N) is 1. The van der Waals surface area contributed by atoms with Crippen molar-refractivity contribution >= 4 is 25.7 Å². The molecule has 0 saturated heterocycles. The molecule has 0 aromatic heterocycles. The predicted octanol–water partition coefficient (Wildman–Crippen LogP) is 3.87. The molecule has 1 fully saturated rings. The van der Waals surface area contributed by atoms with Crippen LogP contribution in [-0.2, 0) is 19.1 Å². The predicted molar refractivity (Wildman–Crippen MR) is 115 cm³/mol. The number of hydrogen-bond acceptors (Lipinski definition) is 7. The minimum absolute atomic E-state index is 0.0635. The monoisotopic (exact) mass is 433 g/mol. The largest absolute Gasteiger partial charge is 0.508 e. The number of carbonyl (C=O) groups is 2. The molecule has 1 aromatic carbocycles. The molecule has 0 heterocycles. The number of benzene rings is 1. The molecule has 0 amide bonds. The summed E-state index contributed by atoms with van der Waals surface area (Å²) in [5.74, 6) is -3.37. The molecule has 2 bridgehead atoms. The van der Waals surface area contributed by atoms with Crippen LogP contribution in [0.3, 0.4) is 0 Å². The molecule has 2 N–H and O–H groups in total. The number of esters is 2. The van der Waals surface area contributed by atoms with Gasteiger partial charge >= 0.3 is 11.9 Å². The maximum atomic E-state index is 13.2. The van der Waals surface area contributed by atoms with E-state index in [2.05, 4.69) is 24.8 Å². The Bertz CT molecular complexity index is 847. The molecule has 4 atom stereocenters. The first-order valence-corrected chi connectivity index (χ1v) is 14.3. The zero-order valence-corrected chi connectivity index (χ0v) is 19.1. The van der Waals surface area contributed by atoms with Gasteiger partial charge in [0.05, 0.1) is 30.8 Å². The zero-order chi connectivity index (χ0) is 22.1.